The van der Waals surface area contributed by atoms with E-state index < -0.39 is 5.97 Å². The first-order chi connectivity index (χ1) is 11.5. The molecule has 1 saturated carbocycles. The van der Waals surface area contributed by atoms with Gasteiger partial charge in [0.25, 0.3) is 0 Å². The SMILES string of the molecule is COc1ccc(/C=C/C(=O)NC2CCC(C)CC2)cc1OC(C)=O. The standard InChI is InChI=1S/C19H25NO4/c1-13-4-8-16(9-5-13)20-19(22)11-7-15-6-10-17(23-3)18(12-15)24-14(2)21/h6-7,10-13,16H,4-5,8-9H2,1-3H3,(H,20,22)/b11-7+. The Morgan fingerprint density at radius 1 is 1.17 bits per heavy atom. The van der Waals surface area contributed by atoms with Crippen LogP contribution < -0.4 is 14.8 Å². The highest BCUT2D eigenvalue weighted by Crippen LogP contribution is 2.28. The van der Waals surface area contributed by atoms with Gasteiger partial charge < -0.3 is 14.8 Å². The molecule has 1 aliphatic carbocycles. The van der Waals surface area contributed by atoms with Gasteiger partial charge in [-0.25, -0.2) is 0 Å². The van der Waals surface area contributed by atoms with E-state index in [2.05, 4.69) is 12.2 Å². The molecule has 1 N–H and O–H groups in total. The highest BCUT2D eigenvalue weighted by atomic mass is 16.6. The van der Waals surface area contributed by atoms with Crippen LogP contribution in [-0.2, 0) is 9.59 Å². The van der Waals surface area contributed by atoms with Crippen molar-refractivity contribution in [3.63, 3.8) is 0 Å². The summed E-state index contributed by atoms with van der Waals surface area (Å²) in [5.74, 6) is 1.06. The molecule has 2 rings (SSSR count). The molecule has 1 aromatic carbocycles. The van der Waals surface area contributed by atoms with Gasteiger partial charge in [-0.3, -0.25) is 9.59 Å². The Morgan fingerprint density at radius 3 is 2.50 bits per heavy atom. The van der Waals surface area contributed by atoms with E-state index in [-0.39, 0.29) is 11.9 Å². The summed E-state index contributed by atoms with van der Waals surface area (Å²) in [6, 6.07) is 5.45. The number of methoxy groups -OCH3 is 1. The molecule has 0 bridgehead atoms. The summed E-state index contributed by atoms with van der Waals surface area (Å²) < 4.78 is 10.3. The van der Waals surface area contributed by atoms with Crippen molar-refractivity contribution in [1.29, 1.82) is 0 Å². The lowest BCUT2D eigenvalue weighted by molar-refractivity contribution is -0.132. The van der Waals surface area contributed by atoms with Gasteiger partial charge >= 0.3 is 5.97 Å². The first-order valence-corrected chi connectivity index (χ1v) is 8.33. The van der Waals surface area contributed by atoms with E-state index >= 15 is 0 Å². The fourth-order valence-corrected chi connectivity index (χ4v) is 2.86. The van der Waals surface area contributed by atoms with E-state index in [0.717, 1.165) is 24.3 Å². The Kier molecular flexibility index (Phi) is 6.41. The Labute approximate surface area is 143 Å². The van der Waals surface area contributed by atoms with Crippen molar-refractivity contribution in [1.82, 2.24) is 5.32 Å². The monoisotopic (exact) mass is 331 g/mol. The maximum Gasteiger partial charge on any atom is 0.308 e. The van der Waals surface area contributed by atoms with E-state index in [0.29, 0.717) is 11.5 Å². The normalized spacial score (nSPS) is 20.6. The molecule has 0 aliphatic heterocycles. The van der Waals surface area contributed by atoms with Gasteiger partial charge in [-0.05, 0) is 55.4 Å². The van der Waals surface area contributed by atoms with Gasteiger partial charge in [0.1, 0.15) is 0 Å². The van der Waals surface area contributed by atoms with Gasteiger partial charge in [0.15, 0.2) is 11.5 Å². The first kappa shape index (κ1) is 18.0. The van der Waals surface area contributed by atoms with E-state index in [9.17, 15) is 9.59 Å². The van der Waals surface area contributed by atoms with Crippen LogP contribution in [0, 0.1) is 5.92 Å². The second-order valence-corrected chi connectivity index (χ2v) is 6.30. The van der Waals surface area contributed by atoms with E-state index in [1.54, 1.807) is 24.3 Å². The molecule has 0 atom stereocenters. The first-order valence-electron chi connectivity index (χ1n) is 8.33. The van der Waals surface area contributed by atoms with E-state index in [4.69, 9.17) is 9.47 Å². The van der Waals surface area contributed by atoms with Crippen LogP contribution in [0.4, 0.5) is 0 Å². The third kappa shape index (κ3) is 5.41. The minimum Gasteiger partial charge on any atom is -0.493 e. The van der Waals surface area contributed by atoms with Gasteiger partial charge in [0.05, 0.1) is 7.11 Å². The molecule has 0 spiro atoms. The number of carbonyl (C=O) groups is 2. The highest BCUT2D eigenvalue weighted by molar-refractivity contribution is 5.92. The maximum atomic E-state index is 12.0. The van der Waals surface area contributed by atoms with Crippen molar-refractivity contribution in [2.24, 2.45) is 5.92 Å². The van der Waals surface area contributed by atoms with Crippen molar-refractivity contribution < 1.29 is 19.1 Å². The van der Waals surface area contributed by atoms with E-state index in [1.807, 2.05) is 0 Å². The average Bonchev–Trinajstić information content (AvgIpc) is 2.55. The largest absolute Gasteiger partial charge is 0.493 e. The molecule has 1 amide bonds. The van der Waals surface area contributed by atoms with Gasteiger partial charge in [-0.2, -0.15) is 0 Å². The maximum absolute atomic E-state index is 12.0. The lowest BCUT2D eigenvalue weighted by atomic mass is 9.87. The average molecular weight is 331 g/mol. The molecule has 1 aliphatic rings. The van der Waals surface area contributed by atoms with Gasteiger partial charge in [-0.1, -0.05) is 13.0 Å². The number of amides is 1. The fourth-order valence-electron chi connectivity index (χ4n) is 2.86. The van der Waals surface area contributed by atoms with Crippen LogP contribution in [0.1, 0.15) is 45.1 Å². The minimum atomic E-state index is -0.418. The molecule has 5 heteroatoms. The number of benzene rings is 1. The minimum absolute atomic E-state index is 0.0978. The Hall–Kier alpha value is -2.30. The molecule has 130 valence electrons. The molecule has 0 saturated heterocycles. The molecular formula is C19H25NO4. The van der Waals surface area contributed by atoms with Crippen molar-refractivity contribution in [3.05, 3.63) is 29.8 Å². The quantitative estimate of drug-likeness (QED) is 0.511. The number of esters is 1. The molecule has 0 unspecified atom stereocenters. The highest BCUT2D eigenvalue weighted by Gasteiger charge is 2.18. The third-order valence-electron chi connectivity index (χ3n) is 4.23. The lowest BCUT2D eigenvalue weighted by Gasteiger charge is -2.26. The molecule has 0 aromatic heterocycles. The molecule has 5 nitrogen and oxygen atoms in total. The Bertz CT molecular complexity index is 616. The van der Waals surface area contributed by atoms with Crippen molar-refractivity contribution in [2.75, 3.05) is 7.11 Å². The Morgan fingerprint density at radius 2 is 1.88 bits per heavy atom. The molecular weight excluding hydrogens is 306 g/mol. The summed E-state index contributed by atoms with van der Waals surface area (Å²) >= 11 is 0. The van der Waals surface area contributed by atoms with Crippen molar-refractivity contribution >= 4 is 18.0 Å². The summed E-state index contributed by atoms with van der Waals surface area (Å²) in [4.78, 5) is 23.2. The predicted molar refractivity (Wildman–Crippen MR) is 92.9 cm³/mol. The number of hydrogen-bond donors (Lipinski definition) is 1. The van der Waals surface area contributed by atoms with Crippen molar-refractivity contribution in [3.8, 4) is 11.5 Å². The van der Waals surface area contributed by atoms with Crippen LogP contribution in [0.2, 0.25) is 0 Å². The molecule has 24 heavy (non-hydrogen) atoms. The number of hydrogen-bond acceptors (Lipinski definition) is 4. The molecule has 1 fully saturated rings. The second kappa shape index (κ2) is 8.52. The summed E-state index contributed by atoms with van der Waals surface area (Å²) in [5, 5.41) is 3.04. The van der Waals surface area contributed by atoms with E-state index in [1.165, 1.54) is 33.0 Å². The van der Waals surface area contributed by atoms with Crippen LogP contribution in [0.5, 0.6) is 11.5 Å². The van der Waals surface area contributed by atoms with Crippen LogP contribution in [0.25, 0.3) is 6.08 Å². The number of rotatable bonds is 5. The zero-order valence-electron chi connectivity index (χ0n) is 14.5. The summed E-state index contributed by atoms with van der Waals surface area (Å²) in [6.07, 6.45) is 7.63. The van der Waals surface area contributed by atoms with Gasteiger partial charge in [0.2, 0.25) is 5.91 Å². The third-order valence-corrected chi connectivity index (χ3v) is 4.23. The van der Waals surface area contributed by atoms with Crippen LogP contribution >= 0.6 is 0 Å². The topological polar surface area (TPSA) is 64.6 Å². The summed E-state index contributed by atoms with van der Waals surface area (Å²) in [5.41, 5.74) is 0.763. The zero-order valence-corrected chi connectivity index (χ0v) is 14.5. The molecule has 1 aromatic rings. The lowest BCUT2D eigenvalue weighted by Crippen LogP contribution is -2.36. The van der Waals surface area contributed by atoms with Gasteiger partial charge in [-0.15, -0.1) is 0 Å². The van der Waals surface area contributed by atoms with Gasteiger partial charge in [0, 0.05) is 19.0 Å². The molecule has 0 radical (unpaired) electrons. The van der Waals surface area contributed by atoms with Crippen molar-refractivity contribution in [2.45, 2.75) is 45.6 Å². The predicted octanol–water partition coefficient (Wildman–Crippen LogP) is 3.33. The number of ether oxygens (including phenoxy) is 2. The number of carbonyl (C=O) groups excluding carboxylic acids is 2. The van der Waals surface area contributed by atoms with Crippen LogP contribution in [0.3, 0.4) is 0 Å². The smallest absolute Gasteiger partial charge is 0.308 e. The fraction of sp³-hybridized carbons (Fsp3) is 0.474. The zero-order chi connectivity index (χ0) is 17.5. The van der Waals surface area contributed by atoms with Crippen LogP contribution in [0.15, 0.2) is 24.3 Å². The Balaban J connectivity index is 1.97. The summed E-state index contributed by atoms with van der Waals surface area (Å²) in [6.45, 7) is 3.59. The second-order valence-electron chi connectivity index (χ2n) is 6.30. The van der Waals surface area contributed by atoms with Crippen LogP contribution in [-0.4, -0.2) is 25.0 Å². The molecule has 0 heterocycles. The number of nitrogens with one attached hydrogen (secondary N) is 1. The summed E-state index contributed by atoms with van der Waals surface area (Å²) in [7, 11) is 1.51.